The molecular weight excluding hydrogens is 238 g/mol. The molecule has 18 heavy (non-hydrogen) atoms. The summed E-state index contributed by atoms with van der Waals surface area (Å²) in [6, 6.07) is 9.12. The third-order valence-corrected chi connectivity index (χ3v) is 5.26. The zero-order valence-corrected chi connectivity index (χ0v) is 12.6. The van der Waals surface area contributed by atoms with Crippen LogP contribution in [0, 0.1) is 0 Å². The van der Waals surface area contributed by atoms with Crippen LogP contribution >= 0.6 is 11.8 Å². The highest BCUT2D eigenvalue weighted by Gasteiger charge is 2.22. The van der Waals surface area contributed by atoms with Gasteiger partial charge in [0.25, 0.3) is 0 Å². The summed E-state index contributed by atoms with van der Waals surface area (Å²) < 4.78 is 0. The minimum Gasteiger partial charge on any atom is -0.323 e. The largest absolute Gasteiger partial charge is 0.323 e. The molecule has 0 aliphatic carbocycles. The standard InChI is InChI=1S/C16H25NS/c1-16(2,3)13-9-7-12(8-10-13)15(17)14-6-4-5-11-18-14/h7-10,14-15H,4-6,11,17H2,1-3H3. The summed E-state index contributed by atoms with van der Waals surface area (Å²) in [6.07, 6.45) is 3.97. The zero-order valence-electron chi connectivity index (χ0n) is 11.8. The van der Waals surface area contributed by atoms with Gasteiger partial charge in [0.2, 0.25) is 0 Å². The van der Waals surface area contributed by atoms with Crippen LogP contribution < -0.4 is 5.73 Å². The number of nitrogens with two attached hydrogens (primary N) is 1. The number of benzene rings is 1. The van der Waals surface area contributed by atoms with Crippen molar-refractivity contribution in [2.45, 2.75) is 56.7 Å². The van der Waals surface area contributed by atoms with Crippen molar-refractivity contribution in [3.05, 3.63) is 35.4 Å². The van der Waals surface area contributed by atoms with E-state index in [1.165, 1.54) is 36.1 Å². The Balaban J connectivity index is 2.09. The molecule has 1 aromatic carbocycles. The molecule has 2 N–H and O–H groups in total. The predicted octanol–water partition coefficient (Wildman–Crippen LogP) is 4.27. The second-order valence-corrected chi connectivity index (χ2v) is 7.65. The van der Waals surface area contributed by atoms with E-state index in [0.717, 1.165) is 0 Å². The summed E-state index contributed by atoms with van der Waals surface area (Å²) in [6.45, 7) is 6.75. The first-order valence-electron chi connectivity index (χ1n) is 6.96. The van der Waals surface area contributed by atoms with E-state index in [1.807, 2.05) is 0 Å². The molecule has 0 amide bonds. The summed E-state index contributed by atoms with van der Waals surface area (Å²) in [7, 11) is 0. The summed E-state index contributed by atoms with van der Waals surface area (Å²) in [5, 5.41) is 0.610. The van der Waals surface area contributed by atoms with Gasteiger partial charge in [0.05, 0.1) is 0 Å². The van der Waals surface area contributed by atoms with E-state index < -0.39 is 0 Å². The van der Waals surface area contributed by atoms with Crippen LogP contribution in [0.1, 0.15) is 57.2 Å². The predicted molar refractivity (Wildman–Crippen MR) is 82.2 cm³/mol. The first-order chi connectivity index (χ1) is 8.48. The van der Waals surface area contributed by atoms with E-state index in [1.54, 1.807) is 0 Å². The Bertz CT molecular complexity index is 371. The molecule has 1 saturated heterocycles. The molecule has 2 rings (SSSR count). The quantitative estimate of drug-likeness (QED) is 0.862. The fraction of sp³-hybridized carbons (Fsp3) is 0.625. The van der Waals surface area contributed by atoms with Crippen molar-refractivity contribution < 1.29 is 0 Å². The molecule has 100 valence electrons. The van der Waals surface area contributed by atoms with Crippen LogP contribution in [0.5, 0.6) is 0 Å². The Kier molecular flexibility index (Phi) is 4.39. The van der Waals surface area contributed by atoms with Crippen molar-refractivity contribution in [1.29, 1.82) is 0 Å². The fourth-order valence-electron chi connectivity index (χ4n) is 2.47. The van der Waals surface area contributed by atoms with Gasteiger partial charge >= 0.3 is 0 Å². The van der Waals surface area contributed by atoms with Crippen LogP contribution in [0.3, 0.4) is 0 Å². The third-order valence-electron chi connectivity index (χ3n) is 3.78. The molecule has 1 aliphatic rings. The second-order valence-electron chi connectivity index (χ2n) is 6.30. The van der Waals surface area contributed by atoms with Gasteiger partial charge in [-0.15, -0.1) is 0 Å². The van der Waals surface area contributed by atoms with Gasteiger partial charge < -0.3 is 5.73 Å². The first-order valence-corrected chi connectivity index (χ1v) is 8.01. The Labute approximate surface area is 116 Å². The smallest absolute Gasteiger partial charge is 0.0415 e. The molecule has 0 spiro atoms. The monoisotopic (exact) mass is 263 g/mol. The zero-order chi connectivity index (χ0) is 13.2. The number of thioether (sulfide) groups is 1. The lowest BCUT2D eigenvalue weighted by atomic mass is 9.86. The number of rotatable bonds is 2. The lowest BCUT2D eigenvalue weighted by Gasteiger charge is -2.28. The molecule has 2 heteroatoms. The van der Waals surface area contributed by atoms with Crippen LogP contribution in [-0.2, 0) is 5.41 Å². The Hall–Kier alpha value is -0.470. The highest BCUT2D eigenvalue weighted by Crippen LogP contribution is 2.34. The van der Waals surface area contributed by atoms with Gasteiger partial charge in [-0.2, -0.15) is 11.8 Å². The molecular formula is C16H25NS. The van der Waals surface area contributed by atoms with Gasteiger partial charge in [-0.1, -0.05) is 51.5 Å². The minimum atomic E-state index is 0.198. The minimum absolute atomic E-state index is 0.198. The van der Waals surface area contributed by atoms with Gasteiger partial charge in [-0.05, 0) is 35.1 Å². The maximum atomic E-state index is 6.41. The van der Waals surface area contributed by atoms with Crippen LogP contribution in [0.15, 0.2) is 24.3 Å². The Morgan fingerprint density at radius 3 is 2.33 bits per heavy atom. The number of hydrogen-bond donors (Lipinski definition) is 1. The van der Waals surface area contributed by atoms with E-state index in [4.69, 9.17) is 5.73 Å². The maximum absolute atomic E-state index is 6.41. The van der Waals surface area contributed by atoms with Gasteiger partial charge in [0, 0.05) is 11.3 Å². The third kappa shape index (κ3) is 3.30. The van der Waals surface area contributed by atoms with E-state index in [0.29, 0.717) is 5.25 Å². The van der Waals surface area contributed by atoms with E-state index in [9.17, 15) is 0 Å². The lowest BCUT2D eigenvalue weighted by Crippen LogP contribution is -2.26. The average Bonchev–Trinajstić information content (AvgIpc) is 2.38. The van der Waals surface area contributed by atoms with E-state index in [2.05, 4.69) is 56.8 Å². The molecule has 2 atom stereocenters. The first kappa shape index (κ1) is 14.0. The van der Waals surface area contributed by atoms with Crippen molar-refractivity contribution in [3.8, 4) is 0 Å². The van der Waals surface area contributed by atoms with Crippen molar-refractivity contribution >= 4 is 11.8 Å². The van der Waals surface area contributed by atoms with E-state index in [-0.39, 0.29) is 11.5 Å². The highest BCUT2D eigenvalue weighted by atomic mass is 32.2. The Morgan fingerprint density at radius 2 is 1.83 bits per heavy atom. The van der Waals surface area contributed by atoms with Crippen LogP contribution in [0.4, 0.5) is 0 Å². The highest BCUT2D eigenvalue weighted by molar-refractivity contribution is 8.00. The number of hydrogen-bond acceptors (Lipinski definition) is 2. The lowest BCUT2D eigenvalue weighted by molar-refractivity contribution is 0.576. The van der Waals surface area contributed by atoms with Gasteiger partial charge in [-0.3, -0.25) is 0 Å². The van der Waals surface area contributed by atoms with E-state index >= 15 is 0 Å². The summed E-state index contributed by atoms with van der Waals surface area (Å²) >= 11 is 2.05. The molecule has 1 aromatic rings. The molecule has 1 fully saturated rings. The summed E-state index contributed by atoms with van der Waals surface area (Å²) in [5.74, 6) is 1.28. The second kappa shape index (κ2) is 5.66. The average molecular weight is 263 g/mol. The Morgan fingerprint density at radius 1 is 1.17 bits per heavy atom. The summed E-state index contributed by atoms with van der Waals surface area (Å²) in [5.41, 5.74) is 9.31. The molecule has 0 bridgehead atoms. The fourth-order valence-corrected chi connectivity index (χ4v) is 3.84. The molecule has 1 aliphatic heterocycles. The van der Waals surface area contributed by atoms with Crippen molar-refractivity contribution in [2.24, 2.45) is 5.73 Å². The maximum Gasteiger partial charge on any atom is 0.0415 e. The molecule has 0 saturated carbocycles. The van der Waals surface area contributed by atoms with Crippen molar-refractivity contribution in [3.63, 3.8) is 0 Å². The van der Waals surface area contributed by atoms with Crippen LogP contribution in [-0.4, -0.2) is 11.0 Å². The SMILES string of the molecule is CC(C)(C)c1ccc(C(N)C2CCCCS2)cc1. The van der Waals surface area contributed by atoms with Crippen molar-refractivity contribution in [2.75, 3.05) is 5.75 Å². The van der Waals surface area contributed by atoms with Gasteiger partial charge in [0.15, 0.2) is 0 Å². The van der Waals surface area contributed by atoms with Gasteiger partial charge in [-0.25, -0.2) is 0 Å². The molecule has 0 aromatic heterocycles. The topological polar surface area (TPSA) is 26.0 Å². The molecule has 1 nitrogen and oxygen atoms in total. The van der Waals surface area contributed by atoms with Gasteiger partial charge in [0.1, 0.15) is 0 Å². The molecule has 0 radical (unpaired) electrons. The normalized spacial score (nSPS) is 22.8. The molecule has 2 unspecified atom stereocenters. The van der Waals surface area contributed by atoms with Crippen LogP contribution in [0.2, 0.25) is 0 Å². The van der Waals surface area contributed by atoms with Crippen molar-refractivity contribution in [1.82, 2.24) is 0 Å². The van der Waals surface area contributed by atoms with Crippen LogP contribution in [0.25, 0.3) is 0 Å². The molecule has 1 heterocycles. The summed E-state index contributed by atoms with van der Waals surface area (Å²) in [4.78, 5) is 0.